The highest BCUT2D eigenvalue weighted by Crippen LogP contribution is 2.21. The Labute approximate surface area is 203 Å². The standard InChI is InChI=1S/C26H41NO5S/c1-19(2)7-5-8-20(3)9-6-10-21(4)13-16-33-18-23(26(31)32)17-24(28)27-14-11-22(12-15-27)25(29)30/h7,9,13,22-23H,5-6,8,10-12,14-18H2,1-4H3,(H,29,30)(H,31,32)/b20-9+,21-13+. The molecule has 1 unspecified atom stereocenters. The van der Waals surface area contributed by atoms with Crippen molar-refractivity contribution in [2.75, 3.05) is 24.6 Å². The summed E-state index contributed by atoms with van der Waals surface area (Å²) < 4.78 is 0. The van der Waals surface area contributed by atoms with Gasteiger partial charge < -0.3 is 15.1 Å². The largest absolute Gasteiger partial charge is 0.481 e. The zero-order valence-electron chi connectivity index (χ0n) is 20.6. The SMILES string of the molecule is CC(C)=CCC/C(C)=C/CC/C(C)=C/CSCC(CC(=O)N1CCC(C(=O)O)CC1)C(=O)O. The number of nitrogens with zero attached hydrogens (tertiary/aromatic N) is 1. The number of hydrogen-bond donors (Lipinski definition) is 2. The number of rotatable bonds is 14. The number of allylic oxidation sites excluding steroid dienone is 5. The molecule has 1 heterocycles. The maximum Gasteiger partial charge on any atom is 0.307 e. The average molecular weight is 480 g/mol. The topological polar surface area (TPSA) is 94.9 Å². The van der Waals surface area contributed by atoms with Gasteiger partial charge in [-0.15, -0.1) is 0 Å². The lowest BCUT2D eigenvalue weighted by Crippen LogP contribution is -2.41. The lowest BCUT2D eigenvalue weighted by molar-refractivity contribution is -0.147. The Morgan fingerprint density at radius 1 is 0.939 bits per heavy atom. The Balaban J connectivity index is 2.34. The Kier molecular flexibility index (Phi) is 13.8. The highest BCUT2D eigenvalue weighted by atomic mass is 32.2. The second-order valence-electron chi connectivity index (χ2n) is 9.23. The van der Waals surface area contributed by atoms with Crippen molar-refractivity contribution in [1.82, 2.24) is 4.90 Å². The van der Waals surface area contributed by atoms with E-state index in [9.17, 15) is 19.5 Å². The van der Waals surface area contributed by atoms with E-state index in [0.29, 0.717) is 31.7 Å². The van der Waals surface area contributed by atoms with Crippen LogP contribution < -0.4 is 0 Å². The van der Waals surface area contributed by atoms with Crippen LogP contribution in [0.5, 0.6) is 0 Å². The molecule has 0 aromatic carbocycles. The molecule has 0 bridgehead atoms. The highest BCUT2D eigenvalue weighted by Gasteiger charge is 2.29. The van der Waals surface area contributed by atoms with Gasteiger partial charge in [-0.2, -0.15) is 11.8 Å². The third kappa shape index (κ3) is 12.7. The second-order valence-corrected chi connectivity index (χ2v) is 10.3. The predicted octanol–water partition coefficient (Wildman–Crippen LogP) is 5.55. The van der Waals surface area contributed by atoms with Crippen LogP contribution in [0.3, 0.4) is 0 Å². The number of carbonyl (C=O) groups excluding carboxylic acids is 1. The third-order valence-corrected chi connectivity index (χ3v) is 7.00. The summed E-state index contributed by atoms with van der Waals surface area (Å²) in [7, 11) is 0. The van der Waals surface area contributed by atoms with Gasteiger partial charge >= 0.3 is 11.9 Å². The Morgan fingerprint density at radius 3 is 2.06 bits per heavy atom. The fraction of sp³-hybridized carbons (Fsp3) is 0.654. The maximum absolute atomic E-state index is 12.5. The van der Waals surface area contributed by atoms with Gasteiger partial charge in [0.25, 0.3) is 0 Å². The summed E-state index contributed by atoms with van der Waals surface area (Å²) in [6.07, 6.45) is 11.7. The molecule has 0 aromatic heterocycles. The number of piperidine rings is 1. The molecular formula is C26H41NO5S. The summed E-state index contributed by atoms with van der Waals surface area (Å²) in [5.41, 5.74) is 4.06. The molecule has 6 nitrogen and oxygen atoms in total. The minimum absolute atomic E-state index is 0.0282. The van der Waals surface area contributed by atoms with Crippen molar-refractivity contribution in [1.29, 1.82) is 0 Å². The van der Waals surface area contributed by atoms with Gasteiger partial charge in [-0.25, -0.2) is 0 Å². The molecule has 0 radical (unpaired) electrons. The van der Waals surface area contributed by atoms with E-state index in [4.69, 9.17) is 5.11 Å². The van der Waals surface area contributed by atoms with Crippen LogP contribution in [0.1, 0.15) is 72.6 Å². The number of carboxylic acids is 2. The molecule has 1 aliphatic heterocycles. The van der Waals surface area contributed by atoms with Crippen LogP contribution in [0, 0.1) is 11.8 Å². The van der Waals surface area contributed by atoms with Crippen molar-refractivity contribution in [2.24, 2.45) is 11.8 Å². The van der Waals surface area contributed by atoms with Crippen molar-refractivity contribution in [3.8, 4) is 0 Å². The van der Waals surface area contributed by atoms with Gasteiger partial charge in [0.05, 0.1) is 11.8 Å². The molecule has 0 spiro atoms. The van der Waals surface area contributed by atoms with Gasteiger partial charge in [0.15, 0.2) is 0 Å². The summed E-state index contributed by atoms with van der Waals surface area (Å²) in [5, 5.41) is 18.6. The molecule has 1 amide bonds. The highest BCUT2D eigenvalue weighted by molar-refractivity contribution is 7.99. The number of likely N-dealkylation sites (tertiary alicyclic amines) is 1. The first kappa shape index (κ1) is 29.0. The number of amides is 1. The van der Waals surface area contributed by atoms with Gasteiger partial charge in [0.2, 0.25) is 5.91 Å². The number of carbonyl (C=O) groups is 3. The van der Waals surface area contributed by atoms with E-state index in [1.165, 1.54) is 28.5 Å². The quantitative estimate of drug-likeness (QED) is 0.250. The van der Waals surface area contributed by atoms with Crippen molar-refractivity contribution in [3.63, 3.8) is 0 Å². The first-order chi connectivity index (χ1) is 15.6. The van der Waals surface area contributed by atoms with E-state index in [1.807, 2.05) is 0 Å². The molecule has 1 rings (SSSR count). The molecule has 33 heavy (non-hydrogen) atoms. The van der Waals surface area contributed by atoms with Crippen molar-refractivity contribution in [2.45, 2.75) is 72.6 Å². The molecule has 1 atom stereocenters. The van der Waals surface area contributed by atoms with Crippen LogP contribution in [-0.4, -0.2) is 57.6 Å². The lowest BCUT2D eigenvalue weighted by Gasteiger charge is -2.30. The number of aliphatic carboxylic acids is 2. The summed E-state index contributed by atoms with van der Waals surface area (Å²) in [4.78, 5) is 36.8. The van der Waals surface area contributed by atoms with Crippen molar-refractivity contribution in [3.05, 3.63) is 34.9 Å². The van der Waals surface area contributed by atoms with Gasteiger partial charge in [0.1, 0.15) is 0 Å². The first-order valence-corrected chi connectivity index (χ1v) is 13.0. The minimum Gasteiger partial charge on any atom is -0.481 e. The molecule has 186 valence electrons. The summed E-state index contributed by atoms with van der Waals surface area (Å²) in [6.45, 7) is 9.30. The molecule has 0 aromatic rings. The Hall–Kier alpha value is -2.02. The predicted molar refractivity (Wildman–Crippen MR) is 135 cm³/mol. The lowest BCUT2D eigenvalue weighted by atomic mass is 9.96. The van der Waals surface area contributed by atoms with Crippen LogP contribution in [-0.2, 0) is 14.4 Å². The fourth-order valence-corrected chi connectivity index (χ4v) is 4.77. The normalized spacial score (nSPS) is 16.4. The van der Waals surface area contributed by atoms with Gasteiger partial charge in [-0.3, -0.25) is 14.4 Å². The monoisotopic (exact) mass is 479 g/mol. The minimum atomic E-state index is -0.953. The molecular weight excluding hydrogens is 438 g/mol. The molecule has 2 N–H and O–H groups in total. The summed E-state index contributed by atoms with van der Waals surface area (Å²) in [5.74, 6) is -1.97. The molecule has 1 saturated heterocycles. The van der Waals surface area contributed by atoms with Crippen LogP contribution in [0.25, 0.3) is 0 Å². The van der Waals surface area contributed by atoms with Gasteiger partial charge in [-0.05, 0) is 66.2 Å². The number of hydrogen-bond acceptors (Lipinski definition) is 4. The van der Waals surface area contributed by atoms with Crippen molar-refractivity contribution >= 4 is 29.6 Å². The van der Waals surface area contributed by atoms with E-state index in [0.717, 1.165) is 31.4 Å². The van der Waals surface area contributed by atoms with Crippen LogP contribution in [0.15, 0.2) is 34.9 Å². The molecule has 0 saturated carbocycles. The number of carboxylic acid groups (broad SMARTS) is 2. The van der Waals surface area contributed by atoms with Crippen molar-refractivity contribution < 1.29 is 24.6 Å². The average Bonchev–Trinajstić information content (AvgIpc) is 2.75. The Bertz CT molecular complexity index is 744. The second kappa shape index (κ2) is 15.8. The Morgan fingerprint density at radius 2 is 1.52 bits per heavy atom. The molecule has 0 aliphatic carbocycles. The van der Waals surface area contributed by atoms with Crippen LogP contribution in [0.4, 0.5) is 0 Å². The van der Waals surface area contributed by atoms with E-state index in [2.05, 4.69) is 45.9 Å². The van der Waals surface area contributed by atoms with Crippen LogP contribution in [0.2, 0.25) is 0 Å². The third-order valence-electron chi connectivity index (χ3n) is 5.96. The molecule has 1 fully saturated rings. The van der Waals surface area contributed by atoms with Crippen LogP contribution >= 0.6 is 11.8 Å². The fourth-order valence-electron chi connectivity index (χ4n) is 3.68. The summed E-state index contributed by atoms with van der Waals surface area (Å²) in [6, 6.07) is 0. The van der Waals surface area contributed by atoms with E-state index >= 15 is 0 Å². The van der Waals surface area contributed by atoms with Gasteiger partial charge in [0, 0.05) is 31.0 Å². The van der Waals surface area contributed by atoms with E-state index in [-0.39, 0.29) is 12.3 Å². The number of thioether (sulfide) groups is 1. The first-order valence-electron chi connectivity index (χ1n) is 11.9. The zero-order valence-corrected chi connectivity index (χ0v) is 21.5. The summed E-state index contributed by atoms with van der Waals surface area (Å²) >= 11 is 1.54. The van der Waals surface area contributed by atoms with E-state index < -0.39 is 23.8 Å². The van der Waals surface area contributed by atoms with Gasteiger partial charge in [-0.1, -0.05) is 34.9 Å². The zero-order chi connectivity index (χ0) is 24.8. The smallest absolute Gasteiger partial charge is 0.307 e. The maximum atomic E-state index is 12.5. The molecule has 1 aliphatic rings. The van der Waals surface area contributed by atoms with E-state index in [1.54, 1.807) is 4.90 Å². The molecule has 7 heteroatoms.